The zero-order chi connectivity index (χ0) is 14.7. The van der Waals surface area contributed by atoms with Crippen LogP contribution >= 0.6 is 23.1 Å². The highest BCUT2D eigenvalue weighted by atomic mass is 32.2. The lowest BCUT2D eigenvalue weighted by Crippen LogP contribution is -2.14. The molecule has 0 aliphatic rings. The first kappa shape index (κ1) is 13.8. The van der Waals surface area contributed by atoms with Crippen LogP contribution in [0.25, 0.3) is 10.2 Å². The van der Waals surface area contributed by atoms with Crippen LogP contribution in [0.4, 0.5) is 5.82 Å². The van der Waals surface area contributed by atoms with Gasteiger partial charge in [-0.3, -0.25) is 4.79 Å². The zero-order valence-electron chi connectivity index (χ0n) is 10.9. The highest BCUT2D eigenvalue weighted by molar-refractivity contribution is 8.01. The average Bonchev–Trinajstić information content (AvgIpc) is 3.10. The smallest absolute Gasteiger partial charge is 0.300 e. The first-order valence-corrected chi connectivity index (χ1v) is 7.71. The second kappa shape index (κ2) is 6.10. The van der Waals surface area contributed by atoms with E-state index in [1.807, 2.05) is 24.3 Å². The van der Waals surface area contributed by atoms with Gasteiger partial charge in [0.05, 0.1) is 23.1 Å². The molecule has 2 heterocycles. The van der Waals surface area contributed by atoms with Crippen molar-refractivity contribution in [3.05, 3.63) is 24.3 Å². The van der Waals surface area contributed by atoms with Crippen LogP contribution < -0.4 is 10.1 Å². The predicted octanol–water partition coefficient (Wildman–Crippen LogP) is 2.42. The number of amides is 1. The Hall–Kier alpha value is -2.13. The summed E-state index contributed by atoms with van der Waals surface area (Å²) in [6, 6.07) is 7.85. The number of rotatable bonds is 5. The Kier molecular flexibility index (Phi) is 4.02. The van der Waals surface area contributed by atoms with Crippen LogP contribution in [-0.4, -0.2) is 34.1 Å². The SMILES string of the molecule is COc1nonc1NC(=O)CSc1nc2ccccc2s1. The summed E-state index contributed by atoms with van der Waals surface area (Å²) in [5.41, 5.74) is 0.938. The van der Waals surface area contributed by atoms with Gasteiger partial charge < -0.3 is 10.1 Å². The quantitative estimate of drug-likeness (QED) is 0.721. The highest BCUT2D eigenvalue weighted by Crippen LogP contribution is 2.29. The molecule has 0 radical (unpaired) electrons. The van der Waals surface area contributed by atoms with Gasteiger partial charge in [-0.1, -0.05) is 23.9 Å². The van der Waals surface area contributed by atoms with E-state index in [9.17, 15) is 4.79 Å². The number of hydrogen-bond acceptors (Lipinski definition) is 8. The van der Waals surface area contributed by atoms with Crippen molar-refractivity contribution in [2.24, 2.45) is 0 Å². The van der Waals surface area contributed by atoms with Crippen LogP contribution in [0.15, 0.2) is 33.2 Å². The molecule has 0 atom stereocenters. The second-order valence-electron chi connectivity index (χ2n) is 3.91. The molecule has 0 aliphatic carbocycles. The Morgan fingerprint density at radius 3 is 3.10 bits per heavy atom. The predicted molar refractivity (Wildman–Crippen MR) is 79.8 cm³/mol. The first-order chi connectivity index (χ1) is 10.3. The molecule has 0 spiro atoms. The maximum atomic E-state index is 11.8. The molecule has 0 saturated heterocycles. The summed E-state index contributed by atoms with van der Waals surface area (Å²) in [6.07, 6.45) is 0. The van der Waals surface area contributed by atoms with E-state index in [2.05, 4.69) is 25.2 Å². The third kappa shape index (κ3) is 3.14. The zero-order valence-corrected chi connectivity index (χ0v) is 12.5. The van der Waals surface area contributed by atoms with E-state index in [1.54, 1.807) is 11.3 Å². The molecule has 1 N–H and O–H groups in total. The van der Waals surface area contributed by atoms with Gasteiger partial charge in [-0.25, -0.2) is 9.61 Å². The summed E-state index contributed by atoms with van der Waals surface area (Å²) in [5.74, 6) is 0.310. The molecule has 9 heteroatoms. The molecule has 0 bridgehead atoms. The van der Waals surface area contributed by atoms with Gasteiger partial charge in [0.1, 0.15) is 0 Å². The third-order valence-corrected chi connectivity index (χ3v) is 4.69. The Balaban J connectivity index is 1.60. The maximum absolute atomic E-state index is 11.8. The Morgan fingerprint density at radius 1 is 1.43 bits per heavy atom. The molecular weight excluding hydrogens is 312 g/mol. The number of nitrogens with zero attached hydrogens (tertiary/aromatic N) is 3. The van der Waals surface area contributed by atoms with Gasteiger partial charge in [0.25, 0.3) is 0 Å². The van der Waals surface area contributed by atoms with Crippen LogP contribution in [0, 0.1) is 0 Å². The minimum atomic E-state index is -0.228. The molecule has 0 fully saturated rings. The summed E-state index contributed by atoms with van der Waals surface area (Å²) in [6.45, 7) is 0. The van der Waals surface area contributed by atoms with Crippen molar-refractivity contribution in [2.45, 2.75) is 4.34 Å². The molecule has 108 valence electrons. The lowest BCUT2D eigenvalue weighted by molar-refractivity contribution is -0.113. The fraction of sp³-hybridized carbons (Fsp3) is 0.167. The number of hydrogen-bond donors (Lipinski definition) is 1. The van der Waals surface area contributed by atoms with E-state index in [1.165, 1.54) is 18.9 Å². The van der Waals surface area contributed by atoms with Crippen molar-refractivity contribution in [1.82, 2.24) is 15.3 Å². The van der Waals surface area contributed by atoms with E-state index in [4.69, 9.17) is 4.74 Å². The summed E-state index contributed by atoms with van der Waals surface area (Å²) in [5, 5.41) is 9.62. The molecule has 0 unspecified atom stereocenters. The molecule has 1 amide bonds. The summed E-state index contributed by atoms with van der Waals surface area (Å²) in [7, 11) is 1.42. The molecule has 2 aromatic heterocycles. The topological polar surface area (TPSA) is 90.1 Å². The average molecular weight is 322 g/mol. The minimum Gasteiger partial charge on any atom is -0.476 e. The number of thioether (sulfide) groups is 1. The van der Waals surface area contributed by atoms with Crippen LogP contribution in [0.2, 0.25) is 0 Å². The Bertz CT molecular complexity index is 738. The molecule has 3 rings (SSSR count). The van der Waals surface area contributed by atoms with Gasteiger partial charge in [0.2, 0.25) is 11.7 Å². The standard InChI is InChI=1S/C12H10N4O3S2/c1-18-11-10(15-19-16-11)14-9(17)6-20-12-13-7-4-2-3-5-8(7)21-12/h2-5H,6H2,1H3,(H,14,15,17). The third-order valence-electron chi connectivity index (χ3n) is 2.51. The molecule has 7 nitrogen and oxygen atoms in total. The molecule has 21 heavy (non-hydrogen) atoms. The van der Waals surface area contributed by atoms with Crippen molar-refractivity contribution in [3.63, 3.8) is 0 Å². The minimum absolute atomic E-state index is 0.147. The fourth-order valence-corrected chi connectivity index (χ4v) is 3.47. The molecule has 0 aliphatic heterocycles. The Labute approximate surface area is 127 Å². The van der Waals surface area contributed by atoms with Gasteiger partial charge in [-0.05, 0) is 22.4 Å². The number of ether oxygens (including phenoxy) is 1. The summed E-state index contributed by atoms with van der Waals surface area (Å²) >= 11 is 2.92. The molecule has 1 aromatic carbocycles. The van der Waals surface area contributed by atoms with E-state index in [-0.39, 0.29) is 23.4 Å². The van der Waals surface area contributed by atoms with E-state index in [0.29, 0.717) is 0 Å². The normalized spacial score (nSPS) is 10.7. The van der Waals surface area contributed by atoms with Gasteiger partial charge in [-0.15, -0.1) is 11.3 Å². The number of para-hydroxylation sites is 1. The second-order valence-corrected chi connectivity index (χ2v) is 6.16. The number of aromatic nitrogens is 3. The number of methoxy groups -OCH3 is 1. The van der Waals surface area contributed by atoms with Crippen molar-refractivity contribution >= 4 is 45.0 Å². The summed E-state index contributed by atoms with van der Waals surface area (Å²) < 4.78 is 11.3. The lowest BCUT2D eigenvalue weighted by atomic mass is 10.3. The van der Waals surface area contributed by atoms with Crippen molar-refractivity contribution in [1.29, 1.82) is 0 Å². The number of carbonyl (C=O) groups excluding carboxylic acids is 1. The van der Waals surface area contributed by atoms with Crippen molar-refractivity contribution < 1.29 is 14.2 Å². The Morgan fingerprint density at radius 2 is 2.29 bits per heavy atom. The monoisotopic (exact) mass is 322 g/mol. The fourth-order valence-electron chi connectivity index (χ4n) is 1.60. The van der Waals surface area contributed by atoms with Crippen molar-refractivity contribution in [3.8, 4) is 5.88 Å². The number of carbonyl (C=O) groups is 1. The van der Waals surface area contributed by atoms with Gasteiger partial charge >= 0.3 is 5.88 Å². The lowest BCUT2D eigenvalue weighted by Gasteiger charge is -2.00. The number of fused-ring (bicyclic) bond motifs is 1. The van der Waals surface area contributed by atoms with Crippen LogP contribution in [0.5, 0.6) is 5.88 Å². The van der Waals surface area contributed by atoms with E-state index in [0.717, 1.165) is 14.6 Å². The number of nitrogens with one attached hydrogen (secondary N) is 1. The van der Waals surface area contributed by atoms with E-state index >= 15 is 0 Å². The van der Waals surface area contributed by atoms with Crippen LogP contribution in [0.1, 0.15) is 0 Å². The van der Waals surface area contributed by atoms with Crippen molar-refractivity contribution in [2.75, 3.05) is 18.2 Å². The first-order valence-electron chi connectivity index (χ1n) is 5.91. The van der Waals surface area contributed by atoms with Crippen LogP contribution in [0.3, 0.4) is 0 Å². The maximum Gasteiger partial charge on any atom is 0.300 e. The molecule has 3 aromatic rings. The van der Waals surface area contributed by atoms with E-state index < -0.39 is 0 Å². The van der Waals surface area contributed by atoms with Gasteiger partial charge in [0, 0.05) is 0 Å². The molecular formula is C12H10N4O3S2. The van der Waals surface area contributed by atoms with Crippen LogP contribution in [-0.2, 0) is 4.79 Å². The van der Waals surface area contributed by atoms with Gasteiger partial charge in [0.15, 0.2) is 4.34 Å². The van der Waals surface area contributed by atoms with Gasteiger partial charge in [-0.2, -0.15) is 0 Å². The highest BCUT2D eigenvalue weighted by Gasteiger charge is 2.14. The number of thiazole rings is 1. The summed E-state index contributed by atoms with van der Waals surface area (Å²) in [4.78, 5) is 16.3. The largest absolute Gasteiger partial charge is 0.476 e. The number of anilines is 1. The molecule has 0 saturated carbocycles. The number of benzene rings is 1.